The number of sulfonamides is 1. The molecule has 6 heteroatoms. The van der Waals surface area contributed by atoms with Gasteiger partial charge in [0.05, 0.1) is 5.69 Å². The van der Waals surface area contributed by atoms with Crippen LogP contribution in [0.3, 0.4) is 0 Å². The van der Waals surface area contributed by atoms with Gasteiger partial charge in [0.1, 0.15) is 10.7 Å². The highest BCUT2D eigenvalue weighted by atomic mass is 32.2. The standard InChI is InChI=1S/C11H17FN2O2S/c1-3-8-14(4-2)17(15,16)10-7-5-6-9(12)11(10)13/h5-7H,3-4,8,13H2,1-2H3. The lowest BCUT2D eigenvalue weighted by Gasteiger charge is -2.20. The van der Waals surface area contributed by atoms with Crippen LogP contribution in [0.2, 0.25) is 0 Å². The first kappa shape index (κ1) is 13.9. The van der Waals surface area contributed by atoms with Crippen LogP contribution in [0.25, 0.3) is 0 Å². The Labute approximate surface area is 101 Å². The molecule has 0 spiro atoms. The molecule has 1 aromatic rings. The highest BCUT2D eigenvalue weighted by Crippen LogP contribution is 2.24. The van der Waals surface area contributed by atoms with E-state index in [4.69, 9.17) is 5.73 Å². The van der Waals surface area contributed by atoms with Gasteiger partial charge in [0.25, 0.3) is 0 Å². The van der Waals surface area contributed by atoms with Crippen LogP contribution in [-0.4, -0.2) is 25.8 Å². The summed E-state index contributed by atoms with van der Waals surface area (Å²) in [6.45, 7) is 4.36. The summed E-state index contributed by atoms with van der Waals surface area (Å²) in [6.07, 6.45) is 0.697. The quantitative estimate of drug-likeness (QED) is 0.821. The summed E-state index contributed by atoms with van der Waals surface area (Å²) in [5.41, 5.74) is 5.16. The number of para-hydroxylation sites is 1. The molecule has 0 saturated heterocycles. The predicted octanol–water partition coefficient (Wildman–Crippen LogP) is 1.83. The van der Waals surface area contributed by atoms with Crippen LogP contribution in [0.1, 0.15) is 20.3 Å². The van der Waals surface area contributed by atoms with Crippen molar-refractivity contribution in [2.75, 3.05) is 18.8 Å². The molecule has 4 nitrogen and oxygen atoms in total. The molecule has 0 atom stereocenters. The number of nitrogens with two attached hydrogens (primary N) is 1. The van der Waals surface area contributed by atoms with Crippen LogP contribution in [-0.2, 0) is 10.0 Å². The number of anilines is 1. The molecule has 1 rings (SSSR count). The molecule has 17 heavy (non-hydrogen) atoms. The Kier molecular flexibility index (Phi) is 4.47. The lowest BCUT2D eigenvalue weighted by atomic mass is 10.3. The number of nitrogens with zero attached hydrogens (tertiary/aromatic N) is 1. The van der Waals surface area contributed by atoms with Gasteiger partial charge in [0.2, 0.25) is 10.0 Å². The Hall–Kier alpha value is -1.14. The second-order valence-electron chi connectivity index (χ2n) is 3.65. The fourth-order valence-electron chi connectivity index (χ4n) is 1.58. The van der Waals surface area contributed by atoms with Gasteiger partial charge in [0, 0.05) is 13.1 Å². The molecule has 0 aliphatic heterocycles. The summed E-state index contributed by atoms with van der Waals surface area (Å²) in [4.78, 5) is -0.159. The summed E-state index contributed by atoms with van der Waals surface area (Å²) in [7, 11) is -3.70. The maximum Gasteiger partial charge on any atom is 0.245 e. The molecule has 0 aliphatic carbocycles. The van der Waals surface area contributed by atoms with Crippen molar-refractivity contribution in [3.63, 3.8) is 0 Å². The minimum Gasteiger partial charge on any atom is -0.395 e. The van der Waals surface area contributed by atoms with E-state index in [-0.39, 0.29) is 10.6 Å². The van der Waals surface area contributed by atoms with Crippen LogP contribution in [0.5, 0.6) is 0 Å². The molecule has 1 aromatic carbocycles. The highest BCUT2D eigenvalue weighted by Gasteiger charge is 2.25. The first-order valence-electron chi connectivity index (χ1n) is 5.49. The Morgan fingerprint density at radius 2 is 2.00 bits per heavy atom. The van der Waals surface area contributed by atoms with E-state index in [1.165, 1.54) is 16.4 Å². The molecule has 0 bridgehead atoms. The number of halogens is 1. The Bertz CT molecular complexity index is 488. The summed E-state index contributed by atoms with van der Waals surface area (Å²) in [5, 5.41) is 0. The molecule has 0 fully saturated rings. The maximum absolute atomic E-state index is 13.3. The first-order chi connectivity index (χ1) is 7.95. The van der Waals surface area contributed by atoms with Crippen molar-refractivity contribution in [3.8, 4) is 0 Å². The number of hydrogen-bond donors (Lipinski definition) is 1. The van der Waals surface area contributed by atoms with Gasteiger partial charge in [-0.15, -0.1) is 0 Å². The van der Waals surface area contributed by atoms with Gasteiger partial charge >= 0.3 is 0 Å². The van der Waals surface area contributed by atoms with E-state index in [9.17, 15) is 12.8 Å². The zero-order chi connectivity index (χ0) is 13.1. The van der Waals surface area contributed by atoms with Gasteiger partial charge in [-0.3, -0.25) is 0 Å². The van der Waals surface area contributed by atoms with Crippen LogP contribution >= 0.6 is 0 Å². The molecule has 2 N–H and O–H groups in total. The van der Waals surface area contributed by atoms with Crippen molar-refractivity contribution in [1.29, 1.82) is 0 Å². The van der Waals surface area contributed by atoms with Crippen molar-refractivity contribution >= 4 is 15.7 Å². The van der Waals surface area contributed by atoms with Gasteiger partial charge < -0.3 is 5.73 Å². The monoisotopic (exact) mass is 260 g/mol. The van der Waals surface area contributed by atoms with Crippen LogP contribution in [0, 0.1) is 5.82 Å². The highest BCUT2D eigenvalue weighted by molar-refractivity contribution is 7.89. The molecule has 96 valence electrons. The Balaban J connectivity index is 3.25. The van der Waals surface area contributed by atoms with E-state index in [1.807, 2.05) is 6.92 Å². The average Bonchev–Trinajstić information content (AvgIpc) is 2.29. The minimum absolute atomic E-state index is 0.159. The SMILES string of the molecule is CCCN(CC)S(=O)(=O)c1cccc(F)c1N. The van der Waals surface area contributed by atoms with Crippen LogP contribution in [0.4, 0.5) is 10.1 Å². The second-order valence-corrected chi connectivity index (χ2v) is 5.55. The molecule has 0 amide bonds. The number of hydrogen-bond acceptors (Lipinski definition) is 3. The lowest BCUT2D eigenvalue weighted by Crippen LogP contribution is -2.32. The van der Waals surface area contributed by atoms with Crippen molar-refractivity contribution in [1.82, 2.24) is 4.31 Å². The molecule has 0 unspecified atom stereocenters. The lowest BCUT2D eigenvalue weighted by molar-refractivity contribution is 0.427. The van der Waals surface area contributed by atoms with E-state index in [2.05, 4.69) is 0 Å². The van der Waals surface area contributed by atoms with E-state index in [1.54, 1.807) is 6.92 Å². The van der Waals surface area contributed by atoms with Gasteiger partial charge in [-0.05, 0) is 18.6 Å². The van der Waals surface area contributed by atoms with Gasteiger partial charge in [-0.25, -0.2) is 12.8 Å². The number of rotatable bonds is 5. The Morgan fingerprint density at radius 3 is 2.53 bits per heavy atom. The molecule has 0 aliphatic rings. The van der Waals surface area contributed by atoms with Crippen molar-refractivity contribution < 1.29 is 12.8 Å². The largest absolute Gasteiger partial charge is 0.395 e. The van der Waals surface area contributed by atoms with E-state index >= 15 is 0 Å². The number of benzene rings is 1. The van der Waals surface area contributed by atoms with Crippen molar-refractivity contribution in [2.45, 2.75) is 25.2 Å². The summed E-state index contributed by atoms with van der Waals surface area (Å²) in [6, 6.07) is 3.81. The summed E-state index contributed by atoms with van der Waals surface area (Å²) >= 11 is 0. The van der Waals surface area contributed by atoms with Crippen molar-refractivity contribution in [2.24, 2.45) is 0 Å². The summed E-state index contributed by atoms with van der Waals surface area (Å²) < 4.78 is 39.0. The third-order valence-electron chi connectivity index (χ3n) is 2.46. The van der Waals surface area contributed by atoms with E-state index < -0.39 is 15.8 Å². The number of nitrogen functional groups attached to an aromatic ring is 1. The molecular formula is C11H17FN2O2S. The smallest absolute Gasteiger partial charge is 0.245 e. The summed E-state index contributed by atoms with van der Waals surface area (Å²) in [5.74, 6) is -0.710. The van der Waals surface area contributed by atoms with Crippen molar-refractivity contribution in [3.05, 3.63) is 24.0 Å². The predicted molar refractivity (Wildman–Crippen MR) is 65.5 cm³/mol. The Morgan fingerprint density at radius 1 is 1.35 bits per heavy atom. The zero-order valence-electron chi connectivity index (χ0n) is 9.98. The average molecular weight is 260 g/mol. The zero-order valence-corrected chi connectivity index (χ0v) is 10.8. The first-order valence-corrected chi connectivity index (χ1v) is 6.93. The molecule has 0 heterocycles. The minimum atomic E-state index is -3.70. The van der Waals surface area contributed by atoms with Crippen LogP contribution < -0.4 is 5.73 Å². The third-order valence-corrected chi connectivity index (χ3v) is 4.49. The molecular weight excluding hydrogens is 243 g/mol. The fourth-order valence-corrected chi connectivity index (χ4v) is 3.25. The maximum atomic E-state index is 13.3. The molecule has 0 radical (unpaired) electrons. The molecule has 0 saturated carbocycles. The van der Waals surface area contributed by atoms with Gasteiger partial charge in [-0.1, -0.05) is 19.9 Å². The van der Waals surface area contributed by atoms with Gasteiger partial charge in [-0.2, -0.15) is 4.31 Å². The van der Waals surface area contributed by atoms with Crippen LogP contribution in [0.15, 0.2) is 23.1 Å². The van der Waals surface area contributed by atoms with E-state index in [0.29, 0.717) is 19.5 Å². The normalized spacial score (nSPS) is 12.0. The fraction of sp³-hybridized carbons (Fsp3) is 0.455. The van der Waals surface area contributed by atoms with E-state index in [0.717, 1.165) is 6.07 Å². The second kappa shape index (κ2) is 5.46. The topological polar surface area (TPSA) is 63.4 Å². The van der Waals surface area contributed by atoms with Gasteiger partial charge in [0.15, 0.2) is 0 Å². The third kappa shape index (κ3) is 2.76. The molecule has 0 aromatic heterocycles.